The van der Waals surface area contributed by atoms with E-state index in [-0.39, 0.29) is 17.6 Å². The highest BCUT2D eigenvalue weighted by molar-refractivity contribution is 7.80. The Labute approximate surface area is 176 Å². The number of amides is 1. The summed E-state index contributed by atoms with van der Waals surface area (Å²) in [5.74, 6) is 0.295. The fraction of sp³-hybridized carbons (Fsp3) is 0.333. The van der Waals surface area contributed by atoms with Gasteiger partial charge in [0.25, 0.3) is 5.91 Å². The normalized spacial score (nSPS) is 13.7. The van der Waals surface area contributed by atoms with Crippen molar-refractivity contribution in [3.05, 3.63) is 53.1 Å². The van der Waals surface area contributed by atoms with Crippen LogP contribution in [-0.2, 0) is 4.79 Å². The lowest BCUT2D eigenvalue weighted by Gasteiger charge is -2.28. The average Bonchev–Trinajstić information content (AvgIpc) is 2.68. The van der Waals surface area contributed by atoms with E-state index in [2.05, 4.69) is 27.7 Å². The van der Waals surface area contributed by atoms with Crippen LogP contribution in [0.2, 0.25) is 5.02 Å². The molecule has 0 spiro atoms. The number of thiocarbonyl (C=S) groups is 1. The first-order valence-electron chi connectivity index (χ1n) is 9.36. The van der Waals surface area contributed by atoms with E-state index < -0.39 is 0 Å². The van der Waals surface area contributed by atoms with Gasteiger partial charge >= 0.3 is 0 Å². The van der Waals surface area contributed by atoms with Gasteiger partial charge < -0.3 is 15.0 Å². The second kappa shape index (κ2) is 9.75. The van der Waals surface area contributed by atoms with Crippen molar-refractivity contribution in [2.24, 2.45) is 0 Å². The minimum absolute atomic E-state index is 0.127. The first kappa shape index (κ1) is 20.4. The lowest BCUT2D eigenvalue weighted by Crippen LogP contribution is -2.37. The Bertz CT molecular complexity index is 836. The van der Waals surface area contributed by atoms with Crippen LogP contribution in [0.5, 0.6) is 5.75 Å². The molecule has 28 heavy (non-hydrogen) atoms. The maximum absolute atomic E-state index is 12.1. The van der Waals surface area contributed by atoms with E-state index in [1.54, 1.807) is 18.2 Å². The molecule has 2 aromatic rings. The van der Waals surface area contributed by atoms with Crippen LogP contribution in [-0.4, -0.2) is 30.7 Å². The molecule has 5 nitrogen and oxygen atoms in total. The summed E-state index contributed by atoms with van der Waals surface area (Å²) in [5.41, 5.74) is 2.92. The summed E-state index contributed by atoms with van der Waals surface area (Å²) in [6.07, 6.45) is 3.80. The van der Waals surface area contributed by atoms with Crippen LogP contribution in [0.25, 0.3) is 0 Å². The van der Waals surface area contributed by atoms with Crippen molar-refractivity contribution in [2.45, 2.75) is 26.2 Å². The van der Waals surface area contributed by atoms with E-state index in [1.807, 2.05) is 19.1 Å². The fourth-order valence-corrected chi connectivity index (χ4v) is 3.61. The number of carbonyl (C=O) groups is 1. The Balaban J connectivity index is 1.46. The zero-order valence-electron chi connectivity index (χ0n) is 15.8. The number of aryl methyl sites for hydroxylation is 1. The van der Waals surface area contributed by atoms with Crippen molar-refractivity contribution in [2.75, 3.05) is 29.9 Å². The summed E-state index contributed by atoms with van der Waals surface area (Å²) in [5, 5.41) is 6.53. The second-order valence-corrected chi connectivity index (χ2v) is 7.64. The molecule has 1 aliphatic heterocycles. The quantitative estimate of drug-likeness (QED) is 0.700. The number of nitrogens with one attached hydrogen (secondary N) is 2. The number of halogens is 1. The average molecular weight is 418 g/mol. The van der Waals surface area contributed by atoms with Crippen LogP contribution in [0.4, 0.5) is 11.4 Å². The number of rotatable bonds is 5. The SMILES string of the molecule is Cc1cc(Cl)ccc1OCC(=O)NC(=S)Nc1ccc(N2CCCCC2)cc1. The van der Waals surface area contributed by atoms with Crippen molar-refractivity contribution >= 4 is 46.2 Å². The van der Waals surface area contributed by atoms with Crippen LogP contribution in [0.3, 0.4) is 0 Å². The van der Waals surface area contributed by atoms with Crippen LogP contribution in [0.1, 0.15) is 24.8 Å². The fourth-order valence-electron chi connectivity index (χ4n) is 3.15. The molecule has 1 amide bonds. The van der Waals surface area contributed by atoms with Gasteiger partial charge in [0.2, 0.25) is 0 Å². The first-order chi connectivity index (χ1) is 13.5. The molecular formula is C21H24ClN3O2S. The van der Waals surface area contributed by atoms with Crippen LogP contribution in [0.15, 0.2) is 42.5 Å². The van der Waals surface area contributed by atoms with Gasteiger partial charge in [0.1, 0.15) is 5.75 Å². The van der Waals surface area contributed by atoms with Gasteiger partial charge in [0.05, 0.1) is 0 Å². The summed E-state index contributed by atoms with van der Waals surface area (Å²) >= 11 is 11.1. The molecule has 7 heteroatoms. The second-order valence-electron chi connectivity index (χ2n) is 6.80. The molecular weight excluding hydrogens is 394 g/mol. The molecule has 148 valence electrons. The number of ether oxygens (including phenoxy) is 1. The van der Waals surface area contributed by atoms with E-state index in [9.17, 15) is 4.79 Å². The number of nitrogens with zero attached hydrogens (tertiary/aromatic N) is 1. The van der Waals surface area contributed by atoms with Gasteiger partial charge in [-0.2, -0.15) is 0 Å². The molecule has 0 aromatic heterocycles. The van der Waals surface area contributed by atoms with E-state index in [4.69, 9.17) is 28.6 Å². The zero-order valence-corrected chi connectivity index (χ0v) is 17.4. The van der Waals surface area contributed by atoms with Gasteiger partial charge in [-0.1, -0.05) is 11.6 Å². The Morgan fingerprint density at radius 1 is 1.14 bits per heavy atom. The van der Waals surface area contributed by atoms with Crippen molar-refractivity contribution in [3.63, 3.8) is 0 Å². The molecule has 0 bridgehead atoms. The first-order valence-corrected chi connectivity index (χ1v) is 10.1. The molecule has 2 N–H and O–H groups in total. The number of hydrogen-bond acceptors (Lipinski definition) is 4. The van der Waals surface area contributed by atoms with E-state index in [0.717, 1.165) is 24.3 Å². The van der Waals surface area contributed by atoms with Crippen molar-refractivity contribution in [1.29, 1.82) is 0 Å². The molecule has 1 fully saturated rings. The van der Waals surface area contributed by atoms with E-state index in [1.165, 1.54) is 24.9 Å². The third-order valence-corrected chi connectivity index (χ3v) is 5.03. The molecule has 0 unspecified atom stereocenters. The molecule has 0 atom stereocenters. The van der Waals surface area contributed by atoms with E-state index in [0.29, 0.717) is 10.8 Å². The molecule has 0 saturated carbocycles. The molecule has 1 heterocycles. The van der Waals surface area contributed by atoms with Crippen molar-refractivity contribution in [1.82, 2.24) is 5.32 Å². The Morgan fingerprint density at radius 3 is 2.54 bits per heavy atom. The van der Waals surface area contributed by atoms with Gasteiger partial charge in [-0.25, -0.2) is 0 Å². The predicted octanol–water partition coefficient (Wildman–Crippen LogP) is 4.53. The third-order valence-electron chi connectivity index (χ3n) is 4.60. The number of hydrogen-bond donors (Lipinski definition) is 2. The van der Waals surface area contributed by atoms with Crippen LogP contribution >= 0.6 is 23.8 Å². The summed E-state index contributed by atoms with van der Waals surface area (Å²) in [7, 11) is 0. The number of piperidine rings is 1. The minimum atomic E-state index is -0.322. The lowest BCUT2D eigenvalue weighted by molar-refractivity contribution is -0.121. The molecule has 2 aromatic carbocycles. The predicted molar refractivity (Wildman–Crippen MR) is 119 cm³/mol. The Morgan fingerprint density at radius 2 is 1.86 bits per heavy atom. The summed E-state index contributed by atoms with van der Waals surface area (Å²) < 4.78 is 5.52. The maximum atomic E-state index is 12.1. The van der Waals surface area contributed by atoms with E-state index >= 15 is 0 Å². The van der Waals surface area contributed by atoms with Gasteiger partial charge in [-0.15, -0.1) is 0 Å². The standard InChI is InChI=1S/C21H24ClN3O2S/c1-15-13-16(22)5-10-19(15)27-14-20(26)24-21(28)23-17-6-8-18(9-7-17)25-11-3-2-4-12-25/h5-10,13H,2-4,11-12,14H2,1H3,(H2,23,24,26,28). The van der Waals surface area contributed by atoms with Crippen LogP contribution < -0.4 is 20.3 Å². The van der Waals surface area contributed by atoms with Gasteiger partial charge in [-0.3, -0.25) is 10.1 Å². The summed E-state index contributed by atoms with van der Waals surface area (Å²) in [6, 6.07) is 13.3. The molecule has 1 aliphatic rings. The molecule has 0 radical (unpaired) electrons. The molecule has 3 rings (SSSR count). The van der Waals surface area contributed by atoms with Gasteiger partial charge in [0.15, 0.2) is 11.7 Å². The largest absolute Gasteiger partial charge is 0.483 e. The highest BCUT2D eigenvalue weighted by Crippen LogP contribution is 2.22. The lowest BCUT2D eigenvalue weighted by atomic mass is 10.1. The minimum Gasteiger partial charge on any atom is -0.483 e. The van der Waals surface area contributed by atoms with Crippen LogP contribution in [0, 0.1) is 6.92 Å². The van der Waals surface area contributed by atoms with Gasteiger partial charge in [0, 0.05) is 29.5 Å². The zero-order chi connectivity index (χ0) is 19.9. The molecule has 0 aliphatic carbocycles. The van der Waals surface area contributed by atoms with Crippen molar-refractivity contribution in [3.8, 4) is 5.75 Å². The third kappa shape index (κ3) is 5.84. The maximum Gasteiger partial charge on any atom is 0.264 e. The monoisotopic (exact) mass is 417 g/mol. The summed E-state index contributed by atoms with van der Waals surface area (Å²) in [6.45, 7) is 3.96. The van der Waals surface area contributed by atoms with Gasteiger partial charge in [-0.05, 0) is 86.4 Å². The summed E-state index contributed by atoms with van der Waals surface area (Å²) in [4.78, 5) is 14.5. The highest BCUT2D eigenvalue weighted by Gasteiger charge is 2.11. The highest BCUT2D eigenvalue weighted by atomic mass is 35.5. The molecule has 1 saturated heterocycles. The number of benzene rings is 2. The topological polar surface area (TPSA) is 53.6 Å². The smallest absolute Gasteiger partial charge is 0.264 e. The Kier molecular flexibility index (Phi) is 7.12. The number of anilines is 2. The van der Waals surface area contributed by atoms with Crippen molar-refractivity contribution < 1.29 is 9.53 Å². The Hall–Kier alpha value is -2.31. The number of carbonyl (C=O) groups excluding carboxylic acids is 1.